The Labute approximate surface area is 119 Å². The van der Waals surface area contributed by atoms with Gasteiger partial charge in [0.2, 0.25) is 0 Å². The van der Waals surface area contributed by atoms with Gasteiger partial charge in [0.25, 0.3) is 5.88 Å². The number of aromatic nitrogens is 4. The summed E-state index contributed by atoms with van der Waals surface area (Å²) in [6.45, 7) is 0. The van der Waals surface area contributed by atoms with E-state index in [-0.39, 0.29) is 16.8 Å². The lowest BCUT2D eigenvalue weighted by atomic mass is 10.3. The summed E-state index contributed by atoms with van der Waals surface area (Å²) in [5.74, 6) is 0.289. The lowest BCUT2D eigenvalue weighted by Gasteiger charge is -2.10. The Hall–Kier alpha value is -2.60. The molecule has 2 heterocycles. The highest BCUT2D eigenvalue weighted by molar-refractivity contribution is 6.29. The Morgan fingerprint density at radius 2 is 2.00 bits per heavy atom. The molecule has 0 atom stereocenters. The van der Waals surface area contributed by atoms with Gasteiger partial charge in [-0.1, -0.05) is 23.7 Å². The number of nitrogens with zero attached hydrogens (tertiary/aromatic N) is 4. The quantitative estimate of drug-likeness (QED) is 0.802. The number of rotatable bonds is 3. The van der Waals surface area contributed by atoms with Gasteiger partial charge in [0.15, 0.2) is 16.7 Å². The van der Waals surface area contributed by atoms with E-state index in [2.05, 4.69) is 15.3 Å². The molecule has 0 fully saturated rings. The summed E-state index contributed by atoms with van der Waals surface area (Å²) >= 11 is 5.63. The number of aromatic hydroxyl groups is 1. The second-order valence-corrected chi connectivity index (χ2v) is 4.27. The SMILES string of the molecule is Oc1cc(Cl)nnc1Oc1ccccc1-n1cccn1. The molecule has 100 valence electrons. The van der Waals surface area contributed by atoms with E-state index in [0.29, 0.717) is 11.4 Å². The molecular weight excluding hydrogens is 280 g/mol. The standard InChI is InChI=1S/C13H9ClN4O2/c14-12-8-10(19)13(17-16-12)20-11-5-2-1-4-9(11)18-7-3-6-15-18/h1-8H,(H,16,19). The summed E-state index contributed by atoms with van der Waals surface area (Å²) in [4.78, 5) is 0. The molecule has 0 saturated carbocycles. The van der Waals surface area contributed by atoms with E-state index in [1.165, 1.54) is 6.07 Å². The molecule has 2 aromatic heterocycles. The van der Waals surface area contributed by atoms with Gasteiger partial charge in [0, 0.05) is 18.5 Å². The molecular formula is C13H9ClN4O2. The highest BCUT2D eigenvalue weighted by Gasteiger charge is 2.11. The Morgan fingerprint density at radius 1 is 1.15 bits per heavy atom. The van der Waals surface area contributed by atoms with Crippen molar-refractivity contribution < 1.29 is 9.84 Å². The normalized spacial score (nSPS) is 10.4. The van der Waals surface area contributed by atoms with Crippen molar-refractivity contribution in [1.82, 2.24) is 20.0 Å². The zero-order valence-electron chi connectivity index (χ0n) is 10.1. The first kappa shape index (κ1) is 12.4. The molecule has 0 spiro atoms. The van der Waals surface area contributed by atoms with Crippen molar-refractivity contribution in [2.75, 3.05) is 0 Å². The van der Waals surface area contributed by atoms with Crippen LogP contribution in [0.1, 0.15) is 0 Å². The third kappa shape index (κ3) is 2.41. The van der Waals surface area contributed by atoms with Crippen molar-refractivity contribution >= 4 is 11.6 Å². The molecule has 1 N–H and O–H groups in total. The average molecular weight is 289 g/mol. The molecule has 0 bridgehead atoms. The van der Waals surface area contributed by atoms with E-state index in [9.17, 15) is 5.11 Å². The van der Waals surface area contributed by atoms with Crippen molar-refractivity contribution in [2.45, 2.75) is 0 Å². The van der Waals surface area contributed by atoms with Crippen molar-refractivity contribution in [3.05, 3.63) is 53.9 Å². The van der Waals surface area contributed by atoms with Gasteiger partial charge in [0.05, 0.1) is 0 Å². The summed E-state index contributed by atoms with van der Waals surface area (Å²) in [6, 6.07) is 10.3. The summed E-state index contributed by atoms with van der Waals surface area (Å²) in [5, 5.41) is 21.3. The van der Waals surface area contributed by atoms with E-state index in [1.54, 1.807) is 29.2 Å². The molecule has 6 nitrogen and oxygen atoms in total. The minimum absolute atomic E-state index is 0.0194. The van der Waals surface area contributed by atoms with Crippen LogP contribution in [-0.4, -0.2) is 25.1 Å². The molecule has 7 heteroatoms. The maximum atomic E-state index is 9.74. The predicted octanol–water partition coefficient (Wildman–Crippen LogP) is 2.81. The minimum atomic E-state index is -0.180. The van der Waals surface area contributed by atoms with Crippen LogP contribution < -0.4 is 4.74 Å². The van der Waals surface area contributed by atoms with E-state index in [1.807, 2.05) is 18.2 Å². The summed E-state index contributed by atoms with van der Waals surface area (Å²) in [6.07, 6.45) is 3.45. The molecule has 20 heavy (non-hydrogen) atoms. The first-order valence-corrected chi connectivity index (χ1v) is 6.11. The van der Waals surface area contributed by atoms with Crippen LogP contribution in [0.2, 0.25) is 5.15 Å². The maximum absolute atomic E-state index is 9.74. The van der Waals surface area contributed by atoms with E-state index < -0.39 is 0 Å². The smallest absolute Gasteiger partial charge is 0.281 e. The van der Waals surface area contributed by atoms with Crippen molar-refractivity contribution in [3.63, 3.8) is 0 Å². The number of para-hydroxylation sites is 2. The van der Waals surface area contributed by atoms with Crippen molar-refractivity contribution in [1.29, 1.82) is 0 Å². The summed E-state index contributed by atoms with van der Waals surface area (Å²) in [5.41, 5.74) is 0.716. The predicted molar refractivity (Wildman–Crippen MR) is 72.3 cm³/mol. The van der Waals surface area contributed by atoms with Gasteiger partial charge >= 0.3 is 0 Å². The first-order valence-electron chi connectivity index (χ1n) is 5.73. The van der Waals surface area contributed by atoms with Crippen LogP contribution in [0, 0.1) is 0 Å². The number of benzene rings is 1. The van der Waals surface area contributed by atoms with E-state index in [4.69, 9.17) is 16.3 Å². The monoisotopic (exact) mass is 288 g/mol. The molecule has 1 aromatic carbocycles. The van der Waals surface area contributed by atoms with Gasteiger partial charge in [-0.2, -0.15) is 5.10 Å². The van der Waals surface area contributed by atoms with Crippen LogP contribution in [0.5, 0.6) is 17.4 Å². The highest BCUT2D eigenvalue weighted by atomic mass is 35.5. The maximum Gasteiger partial charge on any atom is 0.281 e. The molecule has 0 unspecified atom stereocenters. The average Bonchev–Trinajstić information content (AvgIpc) is 2.96. The Balaban J connectivity index is 1.99. The van der Waals surface area contributed by atoms with Crippen LogP contribution in [0.3, 0.4) is 0 Å². The number of ether oxygens (including phenoxy) is 1. The second-order valence-electron chi connectivity index (χ2n) is 3.88. The zero-order valence-corrected chi connectivity index (χ0v) is 10.9. The third-order valence-corrected chi connectivity index (χ3v) is 2.72. The van der Waals surface area contributed by atoms with Gasteiger partial charge in [-0.05, 0) is 18.2 Å². The number of hydrogen-bond donors (Lipinski definition) is 1. The molecule has 0 aliphatic carbocycles. The van der Waals surface area contributed by atoms with Gasteiger partial charge < -0.3 is 9.84 Å². The molecule has 0 saturated heterocycles. The zero-order chi connectivity index (χ0) is 13.9. The van der Waals surface area contributed by atoms with E-state index in [0.717, 1.165) is 0 Å². The molecule has 0 radical (unpaired) electrons. The second kappa shape index (κ2) is 5.18. The van der Waals surface area contributed by atoms with Gasteiger partial charge in [0.1, 0.15) is 5.69 Å². The molecule has 3 aromatic rings. The van der Waals surface area contributed by atoms with Gasteiger partial charge in [-0.15, -0.1) is 10.2 Å². The Bertz CT molecular complexity index is 731. The fraction of sp³-hybridized carbons (Fsp3) is 0. The van der Waals surface area contributed by atoms with Gasteiger partial charge in [-0.25, -0.2) is 4.68 Å². The van der Waals surface area contributed by atoms with Crippen molar-refractivity contribution in [2.24, 2.45) is 0 Å². The van der Waals surface area contributed by atoms with Crippen LogP contribution >= 0.6 is 11.6 Å². The number of hydrogen-bond acceptors (Lipinski definition) is 5. The fourth-order valence-corrected chi connectivity index (χ4v) is 1.81. The molecule has 0 amide bonds. The van der Waals surface area contributed by atoms with Crippen molar-refractivity contribution in [3.8, 4) is 23.1 Å². The van der Waals surface area contributed by atoms with E-state index >= 15 is 0 Å². The topological polar surface area (TPSA) is 73.1 Å². The summed E-state index contributed by atoms with van der Waals surface area (Å²) < 4.78 is 7.22. The van der Waals surface area contributed by atoms with Crippen LogP contribution in [0.25, 0.3) is 5.69 Å². The first-order chi connectivity index (χ1) is 9.74. The van der Waals surface area contributed by atoms with Gasteiger partial charge in [-0.3, -0.25) is 0 Å². The Morgan fingerprint density at radius 3 is 2.75 bits per heavy atom. The summed E-state index contributed by atoms with van der Waals surface area (Å²) in [7, 11) is 0. The lowest BCUT2D eigenvalue weighted by Crippen LogP contribution is -1.99. The third-order valence-electron chi connectivity index (χ3n) is 2.53. The molecule has 0 aliphatic heterocycles. The van der Waals surface area contributed by atoms with Crippen LogP contribution in [0.15, 0.2) is 48.8 Å². The highest BCUT2D eigenvalue weighted by Crippen LogP contribution is 2.32. The lowest BCUT2D eigenvalue weighted by molar-refractivity contribution is 0.390. The molecule has 3 rings (SSSR count). The minimum Gasteiger partial charge on any atom is -0.503 e. The number of halogens is 1. The largest absolute Gasteiger partial charge is 0.503 e. The molecule has 0 aliphatic rings. The van der Waals surface area contributed by atoms with Crippen LogP contribution in [0.4, 0.5) is 0 Å². The van der Waals surface area contributed by atoms with Crippen LogP contribution in [-0.2, 0) is 0 Å². The Kier molecular flexibility index (Phi) is 3.22. The fourth-order valence-electron chi connectivity index (χ4n) is 1.67.